The van der Waals surface area contributed by atoms with Gasteiger partial charge in [-0.15, -0.1) is 0 Å². The zero-order valence-electron chi connectivity index (χ0n) is 9.35. The minimum absolute atomic E-state index is 0.541. The first-order valence-electron chi connectivity index (χ1n) is 5.65. The molecule has 0 atom stereocenters. The van der Waals surface area contributed by atoms with Crippen LogP contribution in [0.2, 0.25) is 0 Å². The molecule has 1 aromatic carbocycles. The molecule has 3 heteroatoms. The number of hydrogen-bond acceptors (Lipinski definition) is 2. The maximum atomic E-state index is 4.41. The molecule has 0 amide bonds. The summed E-state index contributed by atoms with van der Waals surface area (Å²) in [5, 5.41) is 7.67. The second-order valence-electron chi connectivity index (χ2n) is 4.39. The molecule has 1 aliphatic heterocycles. The molecule has 1 fully saturated rings. The number of nitrogens with one attached hydrogen (secondary N) is 1. The van der Waals surface area contributed by atoms with E-state index in [4.69, 9.17) is 0 Å². The molecular formula is C13H15N3. The van der Waals surface area contributed by atoms with Gasteiger partial charge in [0.25, 0.3) is 0 Å². The summed E-state index contributed by atoms with van der Waals surface area (Å²) in [7, 11) is 0. The Morgan fingerprint density at radius 1 is 1.19 bits per heavy atom. The van der Waals surface area contributed by atoms with Crippen LogP contribution in [-0.2, 0) is 0 Å². The van der Waals surface area contributed by atoms with Gasteiger partial charge in [0.15, 0.2) is 0 Å². The molecule has 0 spiro atoms. The van der Waals surface area contributed by atoms with Gasteiger partial charge in [0.2, 0.25) is 0 Å². The summed E-state index contributed by atoms with van der Waals surface area (Å²) in [5.74, 6) is 0. The molecule has 2 aromatic rings. The molecule has 16 heavy (non-hydrogen) atoms. The molecular weight excluding hydrogens is 198 g/mol. The number of rotatable bonds is 2. The molecule has 1 saturated heterocycles. The first kappa shape index (κ1) is 9.60. The van der Waals surface area contributed by atoms with Crippen LogP contribution in [0.3, 0.4) is 0 Å². The van der Waals surface area contributed by atoms with Crippen LogP contribution in [-0.4, -0.2) is 22.9 Å². The first-order valence-corrected chi connectivity index (χ1v) is 5.65. The Balaban J connectivity index is 1.88. The predicted octanol–water partition coefficient (Wildman–Crippen LogP) is 2.00. The van der Waals surface area contributed by atoms with Crippen molar-refractivity contribution in [1.82, 2.24) is 15.1 Å². The van der Waals surface area contributed by atoms with Crippen molar-refractivity contribution in [2.45, 2.75) is 13.0 Å². The topological polar surface area (TPSA) is 29.9 Å². The van der Waals surface area contributed by atoms with Gasteiger partial charge in [-0.05, 0) is 12.5 Å². The van der Waals surface area contributed by atoms with Gasteiger partial charge in [0.05, 0.1) is 12.2 Å². The van der Waals surface area contributed by atoms with E-state index < -0.39 is 0 Å². The third kappa shape index (κ3) is 1.63. The van der Waals surface area contributed by atoms with Gasteiger partial charge in [-0.3, -0.25) is 4.68 Å². The average Bonchev–Trinajstić information content (AvgIpc) is 2.65. The van der Waals surface area contributed by atoms with Crippen LogP contribution in [0.5, 0.6) is 0 Å². The van der Waals surface area contributed by atoms with E-state index in [0.717, 1.165) is 13.1 Å². The quantitative estimate of drug-likeness (QED) is 0.827. The minimum Gasteiger partial charge on any atom is -0.312 e. The molecule has 1 aromatic heterocycles. The van der Waals surface area contributed by atoms with Crippen LogP contribution in [0.4, 0.5) is 0 Å². The lowest BCUT2D eigenvalue weighted by Gasteiger charge is -2.27. The van der Waals surface area contributed by atoms with Crippen molar-refractivity contribution in [2.24, 2.45) is 0 Å². The standard InChI is InChI=1S/C13H15N3/c1-10-2-4-11(5-3-10)12-6-15-16(9-12)13-7-14-8-13/h2-6,9,13-14H,7-8H2,1H3. The zero-order chi connectivity index (χ0) is 11.0. The Hall–Kier alpha value is -1.61. The monoisotopic (exact) mass is 213 g/mol. The van der Waals surface area contributed by atoms with Crippen molar-refractivity contribution in [3.63, 3.8) is 0 Å². The Kier molecular flexibility index (Phi) is 2.26. The Bertz CT molecular complexity index is 480. The van der Waals surface area contributed by atoms with Crippen LogP contribution < -0.4 is 5.32 Å². The van der Waals surface area contributed by atoms with E-state index in [2.05, 4.69) is 52.5 Å². The van der Waals surface area contributed by atoms with Crippen molar-refractivity contribution in [3.8, 4) is 11.1 Å². The second-order valence-corrected chi connectivity index (χ2v) is 4.39. The summed E-state index contributed by atoms with van der Waals surface area (Å²) in [5.41, 5.74) is 3.73. The summed E-state index contributed by atoms with van der Waals surface area (Å²) >= 11 is 0. The number of aryl methyl sites for hydroxylation is 1. The molecule has 3 rings (SSSR count). The Labute approximate surface area is 95.1 Å². The molecule has 1 aliphatic rings. The molecule has 2 heterocycles. The fraction of sp³-hybridized carbons (Fsp3) is 0.308. The van der Waals surface area contributed by atoms with Crippen molar-refractivity contribution in [2.75, 3.05) is 13.1 Å². The smallest absolute Gasteiger partial charge is 0.0767 e. The highest BCUT2D eigenvalue weighted by Gasteiger charge is 2.19. The van der Waals surface area contributed by atoms with E-state index in [-0.39, 0.29) is 0 Å². The lowest BCUT2D eigenvalue weighted by Crippen LogP contribution is -2.43. The van der Waals surface area contributed by atoms with Crippen LogP contribution in [0, 0.1) is 6.92 Å². The fourth-order valence-corrected chi connectivity index (χ4v) is 1.89. The molecule has 3 nitrogen and oxygen atoms in total. The first-order chi connectivity index (χ1) is 7.83. The summed E-state index contributed by atoms with van der Waals surface area (Å²) in [6.45, 7) is 4.18. The highest BCUT2D eigenvalue weighted by Crippen LogP contribution is 2.21. The van der Waals surface area contributed by atoms with Crippen molar-refractivity contribution in [1.29, 1.82) is 0 Å². The van der Waals surface area contributed by atoms with Crippen LogP contribution in [0.25, 0.3) is 11.1 Å². The summed E-state index contributed by atoms with van der Waals surface area (Å²) in [4.78, 5) is 0. The van der Waals surface area contributed by atoms with Gasteiger partial charge in [0.1, 0.15) is 0 Å². The number of benzene rings is 1. The van der Waals surface area contributed by atoms with E-state index in [0.29, 0.717) is 6.04 Å². The van der Waals surface area contributed by atoms with Gasteiger partial charge >= 0.3 is 0 Å². The lowest BCUT2D eigenvalue weighted by molar-refractivity contribution is 0.318. The maximum absolute atomic E-state index is 4.41. The molecule has 0 unspecified atom stereocenters. The minimum atomic E-state index is 0.541. The summed E-state index contributed by atoms with van der Waals surface area (Å²) in [6, 6.07) is 9.11. The van der Waals surface area contributed by atoms with Gasteiger partial charge < -0.3 is 5.32 Å². The lowest BCUT2D eigenvalue weighted by atomic mass is 10.1. The van der Waals surface area contributed by atoms with Gasteiger partial charge in [-0.2, -0.15) is 5.10 Å². The Morgan fingerprint density at radius 3 is 2.56 bits per heavy atom. The van der Waals surface area contributed by atoms with E-state index in [1.807, 2.05) is 6.20 Å². The van der Waals surface area contributed by atoms with Crippen molar-refractivity contribution in [3.05, 3.63) is 42.2 Å². The average molecular weight is 213 g/mol. The third-order valence-corrected chi connectivity index (χ3v) is 3.12. The van der Waals surface area contributed by atoms with Crippen molar-refractivity contribution < 1.29 is 0 Å². The third-order valence-electron chi connectivity index (χ3n) is 3.12. The van der Waals surface area contributed by atoms with Crippen LogP contribution in [0.1, 0.15) is 11.6 Å². The zero-order valence-corrected chi connectivity index (χ0v) is 9.35. The van der Waals surface area contributed by atoms with E-state index in [1.54, 1.807) is 0 Å². The highest BCUT2D eigenvalue weighted by molar-refractivity contribution is 5.61. The van der Waals surface area contributed by atoms with Gasteiger partial charge in [-0.25, -0.2) is 0 Å². The highest BCUT2D eigenvalue weighted by atomic mass is 15.3. The normalized spacial score (nSPS) is 16.1. The SMILES string of the molecule is Cc1ccc(-c2cnn(C3CNC3)c2)cc1. The summed E-state index contributed by atoms with van der Waals surface area (Å²) < 4.78 is 2.06. The molecule has 0 radical (unpaired) electrons. The Morgan fingerprint density at radius 2 is 1.94 bits per heavy atom. The van der Waals surface area contributed by atoms with E-state index >= 15 is 0 Å². The molecule has 1 N–H and O–H groups in total. The summed E-state index contributed by atoms with van der Waals surface area (Å²) in [6.07, 6.45) is 4.08. The molecule has 0 saturated carbocycles. The van der Waals surface area contributed by atoms with Gasteiger partial charge in [-0.1, -0.05) is 29.8 Å². The molecule has 82 valence electrons. The number of nitrogens with zero attached hydrogens (tertiary/aromatic N) is 2. The van der Waals surface area contributed by atoms with Crippen molar-refractivity contribution >= 4 is 0 Å². The second kappa shape index (κ2) is 3.76. The van der Waals surface area contributed by atoms with E-state index in [1.165, 1.54) is 16.7 Å². The number of aromatic nitrogens is 2. The number of hydrogen-bond donors (Lipinski definition) is 1. The van der Waals surface area contributed by atoms with E-state index in [9.17, 15) is 0 Å². The maximum Gasteiger partial charge on any atom is 0.0767 e. The predicted molar refractivity (Wildman–Crippen MR) is 64.3 cm³/mol. The molecule has 0 aliphatic carbocycles. The van der Waals surface area contributed by atoms with Gasteiger partial charge in [0, 0.05) is 24.8 Å². The van der Waals surface area contributed by atoms with Crippen LogP contribution >= 0.6 is 0 Å². The largest absolute Gasteiger partial charge is 0.312 e. The molecule has 0 bridgehead atoms. The van der Waals surface area contributed by atoms with Crippen LogP contribution in [0.15, 0.2) is 36.7 Å². The fourth-order valence-electron chi connectivity index (χ4n) is 1.89.